The Bertz CT molecular complexity index is 866. The highest BCUT2D eigenvalue weighted by Crippen LogP contribution is 2.30. The first-order chi connectivity index (χ1) is 11.7. The molecule has 3 rings (SSSR count). The summed E-state index contributed by atoms with van der Waals surface area (Å²) in [6, 6.07) is 4.24. The third-order valence-electron chi connectivity index (χ3n) is 4.17. The molecule has 2 aliphatic heterocycles. The molecule has 1 fully saturated rings. The van der Waals surface area contributed by atoms with Crippen LogP contribution in [0.1, 0.15) is 34.3 Å². The van der Waals surface area contributed by atoms with Gasteiger partial charge in [0.2, 0.25) is 0 Å². The third-order valence-corrected chi connectivity index (χ3v) is 4.59. The summed E-state index contributed by atoms with van der Waals surface area (Å²) >= 11 is 0. The molecule has 2 heterocycles. The van der Waals surface area contributed by atoms with Crippen molar-refractivity contribution in [2.45, 2.75) is 32.0 Å². The molecule has 25 heavy (non-hydrogen) atoms. The van der Waals surface area contributed by atoms with E-state index in [0.717, 1.165) is 17.4 Å². The van der Waals surface area contributed by atoms with E-state index in [1.54, 1.807) is 18.2 Å². The van der Waals surface area contributed by atoms with E-state index >= 15 is 0 Å². The number of nitrogens with zero attached hydrogens (tertiary/aromatic N) is 2. The summed E-state index contributed by atoms with van der Waals surface area (Å²) in [5, 5.41) is 0.241. The number of rotatable bonds is 4. The summed E-state index contributed by atoms with van der Waals surface area (Å²) in [5.41, 5.74) is 7.68. The average molecular weight is 367 g/mol. The normalized spacial score (nSPS) is 21.0. The smallest absolute Gasteiger partial charge is 0.285 e. The predicted molar refractivity (Wildman–Crippen MR) is 85.0 cm³/mol. The second-order valence-electron chi connectivity index (χ2n) is 5.99. The van der Waals surface area contributed by atoms with Crippen molar-refractivity contribution < 1.29 is 27.1 Å². The van der Waals surface area contributed by atoms with E-state index < -0.39 is 28.0 Å². The van der Waals surface area contributed by atoms with Crippen LogP contribution in [0.4, 0.5) is 0 Å². The molecule has 1 aromatic rings. The van der Waals surface area contributed by atoms with Gasteiger partial charge in [-0.2, -0.15) is 8.42 Å². The van der Waals surface area contributed by atoms with Gasteiger partial charge in [-0.25, -0.2) is 0 Å². The van der Waals surface area contributed by atoms with Crippen LogP contribution in [-0.2, 0) is 37.1 Å². The summed E-state index contributed by atoms with van der Waals surface area (Å²) in [6.07, 6.45) is 0.757. The lowest BCUT2D eigenvalue weighted by atomic mass is 10.0. The van der Waals surface area contributed by atoms with Crippen LogP contribution in [0.15, 0.2) is 18.2 Å². The van der Waals surface area contributed by atoms with Crippen LogP contribution in [0.25, 0.3) is 0 Å². The number of fused-ring (bicyclic) bond motifs is 1. The standard InChI is InChI=1S/C15H17N3O6S/c1-25(22,23)24-18-13(19)5-4-12(15(18)21)17-8-10-6-9(7-16)2-3-11(10)14(17)20/h2-3,6,12H,4-5,7-8,16H2,1H3. The second kappa shape index (κ2) is 6.21. The number of carbonyl (C=O) groups is 3. The molecular weight excluding hydrogens is 350 g/mol. The van der Waals surface area contributed by atoms with Gasteiger partial charge in [-0.15, -0.1) is 9.35 Å². The Balaban J connectivity index is 1.86. The van der Waals surface area contributed by atoms with Gasteiger partial charge in [0, 0.05) is 25.1 Å². The zero-order valence-electron chi connectivity index (χ0n) is 13.5. The lowest BCUT2D eigenvalue weighted by molar-refractivity contribution is -0.179. The Kier molecular flexibility index (Phi) is 4.35. The maximum absolute atomic E-state index is 12.6. The Morgan fingerprint density at radius 2 is 2.00 bits per heavy atom. The molecule has 134 valence electrons. The van der Waals surface area contributed by atoms with Crippen molar-refractivity contribution in [3.63, 3.8) is 0 Å². The highest BCUT2D eigenvalue weighted by Gasteiger charge is 2.44. The molecular formula is C15H17N3O6S. The molecule has 3 amide bonds. The van der Waals surface area contributed by atoms with Gasteiger partial charge in [-0.05, 0) is 23.6 Å². The van der Waals surface area contributed by atoms with E-state index in [1.165, 1.54) is 4.90 Å². The molecule has 0 aliphatic carbocycles. The third kappa shape index (κ3) is 3.28. The first-order valence-corrected chi connectivity index (χ1v) is 9.42. The van der Waals surface area contributed by atoms with Crippen LogP contribution < -0.4 is 5.73 Å². The average Bonchev–Trinajstić information content (AvgIpc) is 2.87. The van der Waals surface area contributed by atoms with E-state index in [4.69, 9.17) is 5.73 Å². The van der Waals surface area contributed by atoms with Crippen molar-refractivity contribution in [2.24, 2.45) is 5.73 Å². The van der Waals surface area contributed by atoms with Gasteiger partial charge in [0.05, 0.1) is 6.26 Å². The van der Waals surface area contributed by atoms with Crippen LogP contribution in [0.3, 0.4) is 0 Å². The number of benzene rings is 1. The van der Waals surface area contributed by atoms with E-state index in [1.807, 2.05) is 0 Å². The van der Waals surface area contributed by atoms with Gasteiger partial charge in [-0.3, -0.25) is 14.4 Å². The van der Waals surface area contributed by atoms with Crippen molar-refractivity contribution >= 4 is 27.8 Å². The molecule has 2 aliphatic rings. The molecule has 0 saturated carbocycles. The molecule has 0 radical (unpaired) electrons. The molecule has 2 N–H and O–H groups in total. The maximum atomic E-state index is 12.6. The molecule has 1 unspecified atom stereocenters. The molecule has 1 atom stereocenters. The second-order valence-corrected chi connectivity index (χ2v) is 7.55. The number of carbonyl (C=O) groups excluding carboxylic acids is 3. The summed E-state index contributed by atoms with van der Waals surface area (Å²) < 4.78 is 27.0. The zero-order valence-corrected chi connectivity index (χ0v) is 14.3. The molecule has 9 nitrogen and oxygen atoms in total. The first-order valence-electron chi connectivity index (χ1n) is 7.60. The van der Waals surface area contributed by atoms with Crippen molar-refractivity contribution in [3.8, 4) is 0 Å². The van der Waals surface area contributed by atoms with Gasteiger partial charge in [0.25, 0.3) is 27.8 Å². The van der Waals surface area contributed by atoms with Gasteiger partial charge in [0.15, 0.2) is 0 Å². The van der Waals surface area contributed by atoms with Gasteiger partial charge in [0.1, 0.15) is 6.04 Å². The van der Waals surface area contributed by atoms with Crippen molar-refractivity contribution in [1.82, 2.24) is 9.96 Å². The molecule has 0 bridgehead atoms. The van der Waals surface area contributed by atoms with E-state index in [9.17, 15) is 22.8 Å². The van der Waals surface area contributed by atoms with Crippen LogP contribution in [0.2, 0.25) is 0 Å². The topological polar surface area (TPSA) is 127 Å². The fraction of sp³-hybridized carbons (Fsp3) is 0.400. The Morgan fingerprint density at radius 1 is 1.28 bits per heavy atom. The number of amides is 3. The number of piperidine rings is 1. The van der Waals surface area contributed by atoms with E-state index in [2.05, 4.69) is 4.28 Å². The minimum absolute atomic E-state index is 0.0971. The fourth-order valence-corrected chi connectivity index (χ4v) is 3.45. The Hall–Kier alpha value is -2.30. The lowest BCUT2D eigenvalue weighted by Gasteiger charge is -2.33. The summed E-state index contributed by atoms with van der Waals surface area (Å²) in [4.78, 5) is 38.3. The van der Waals surface area contributed by atoms with E-state index in [-0.39, 0.29) is 30.4 Å². The molecule has 10 heteroatoms. The van der Waals surface area contributed by atoms with Gasteiger partial charge < -0.3 is 10.6 Å². The van der Waals surface area contributed by atoms with Gasteiger partial charge >= 0.3 is 0 Å². The highest BCUT2D eigenvalue weighted by molar-refractivity contribution is 7.85. The van der Waals surface area contributed by atoms with Crippen molar-refractivity contribution in [1.29, 1.82) is 0 Å². The molecule has 0 aromatic heterocycles. The monoisotopic (exact) mass is 367 g/mol. The highest BCUT2D eigenvalue weighted by atomic mass is 32.2. The molecule has 1 aromatic carbocycles. The zero-order chi connectivity index (χ0) is 18.4. The Morgan fingerprint density at radius 3 is 2.64 bits per heavy atom. The quantitative estimate of drug-likeness (QED) is 0.711. The summed E-state index contributed by atoms with van der Waals surface area (Å²) in [6.45, 7) is 0.521. The first kappa shape index (κ1) is 17.5. The minimum Gasteiger partial charge on any atom is -0.326 e. The van der Waals surface area contributed by atoms with E-state index in [0.29, 0.717) is 12.1 Å². The van der Waals surface area contributed by atoms with Gasteiger partial charge in [-0.1, -0.05) is 12.1 Å². The van der Waals surface area contributed by atoms with Crippen molar-refractivity contribution in [3.05, 3.63) is 34.9 Å². The SMILES string of the molecule is CS(=O)(=O)ON1C(=O)CCC(N2Cc3cc(CN)ccc3C2=O)C1=O. The molecule has 0 spiro atoms. The summed E-state index contributed by atoms with van der Waals surface area (Å²) in [5.74, 6) is -1.95. The van der Waals surface area contributed by atoms with Crippen LogP contribution >= 0.6 is 0 Å². The van der Waals surface area contributed by atoms with Crippen LogP contribution in [0, 0.1) is 0 Å². The number of hydrogen-bond acceptors (Lipinski definition) is 7. The predicted octanol–water partition coefficient (Wildman–Crippen LogP) is -0.490. The number of hydrogen-bond donors (Lipinski definition) is 1. The number of hydroxylamine groups is 2. The lowest BCUT2D eigenvalue weighted by Crippen LogP contribution is -2.54. The van der Waals surface area contributed by atoms with Crippen molar-refractivity contribution in [2.75, 3.05) is 6.26 Å². The summed E-state index contributed by atoms with van der Waals surface area (Å²) in [7, 11) is -4.05. The Labute approximate surface area is 144 Å². The van der Waals surface area contributed by atoms with Crippen LogP contribution in [0.5, 0.6) is 0 Å². The molecule has 1 saturated heterocycles. The fourth-order valence-electron chi connectivity index (χ4n) is 3.02. The number of nitrogens with two attached hydrogens (primary N) is 1. The minimum atomic E-state index is -4.05. The van der Waals surface area contributed by atoms with Crippen LogP contribution in [-0.4, -0.2) is 48.4 Å². The maximum Gasteiger partial charge on any atom is 0.285 e. The largest absolute Gasteiger partial charge is 0.326 e. The number of imide groups is 1.